The molecule has 2 heteroatoms. The largest absolute Gasteiger partial charge is 0.302 e. The molecule has 2 aromatic carbocycles. The van der Waals surface area contributed by atoms with Gasteiger partial charge in [0.2, 0.25) is 0 Å². The molecule has 0 fully saturated rings. The molecule has 1 heterocycles. The molecule has 0 bridgehead atoms. The second kappa shape index (κ2) is 5.53. The molecule has 0 aromatic heterocycles. The van der Waals surface area contributed by atoms with E-state index in [9.17, 15) is 0 Å². The summed E-state index contributed by atoms with van der Waals surface area (Å²) in [5, 5.41) is 4.39. The number of benzene rings is 2. The maximum atomic E-state index is 4.39. The lowest BCUT2D eigenvalue weighted by Crippen LogP contribution is -2.09. The van der Waals surface area contributed by atoms with Gasteiger partial charge >= 0.3 is 0 Å². The van der Waals surface area contributed by atoms with Gasteiger partial charge in [-0.2, -0.15) is 5.10 Å². The summed E-state index contributed by atoms with van der Waals surface area (Å²) in [5.74, 6) is 0. The summed E-state index contributed by atoms with van der Waals surface area (Å²) in [4.78, 5) is 0. The molecule has 0 saturated heterocycles. The van der Waals surface area contributed by atoms with Crippen molar-refractivity contribution >= 4 is 11.8 Å². The van der Waals surface area contributed by atoms with Crippen LogP contribution in [0.25, 0.3) is 6.08 Å². The molecule has 0 saturated carbocycles. The Bertz CT molecular complexity index is 585. The van der Waals surface area contributed by atoms with E-state index in [0.29, 0.717) is 6.04 Å². The Morgan fingerprint density at radius 3 is 2.32 bits per heavy atom. The molecular weight excluding hydrogens is 232 g/mol. The highest BCUT2D eigenvalue weighted by molar-refractivity contribution is 5.99. The van der Waals surface area contributed by atoms with Crippen molar-refractivity contribution in [2.24, 2.45) is 5.10 Å². The maximum Gasteiger partial charge on any atom is 0.0745 e. The molecule has 1 unspecified atom stereocenters. The molecule has 0 spiro atoms. The van der Waals surface area contributed by atoms with Crippen LogP contribution in [0.4, 0.5) is 0 Å². The van der Waals surface area contributed by atoms with Gasteiger partial charge in [-0.3, -0.25) is 0 Å². The molecule has 1 atom stereocenters. The van der Waals surface area contributed by atoms with Gasteiger partial charge in [0.05, 0.1) is 11.8 Å². The number of hydrogen-bond acceptors (Lipinski definition) is 2. The van der Waals surface area contributed by atoms with Crippen molar-refractivity contribution in [1.29, 1.82) is 0 Å². The Morgan fingerprint density at radius 2 is 1.58 bits per heavy atom. The first-order valence-electron chi connectivity index (χ1n) is 6.52. The molecular formula is C17H16N2. The first kappa shape index (κ1) is 11.7. The first-order chi connectivity index (χ1) is 9.42. The van der Waals surface area contributed by atoms with E-state index in [1.54, 1.807) is 0 Å². The number of nitrogens with zero attached hydrogens (tertiary/aromatic N) is 1. The fourth-order valence-electron chi connectivity index (χ4n) is 2.20. The van der Waals surface area contributed by atoms with Crippen molar-refractivity contribution in [3.05, 3.63) is 77.9 Å². The van der Waals surface area contributed by atoms with Crippen LogP contribution in [0, 0.1) is 0 Å². The summed E-state index contributed by atoms with van der Waals surface area (Å²) in [6.07, 6.45) is 5.13. The van der Waals surface area contributed by atoms with Gasteiger partial charge in [-0.25, -0.2) is 0 Å². The highest BCUT2D eigenvalue weighted by atomic mass is 15.3. The molecule has 2 aromatic rings. The van der Waals surface area contributed by atoms with Gasteiger partial charge in [-0.15, -0.1) is 0 Å². The van der Waals surface area contributed by atoms with Crippen LogP contribution < -0.4 is 5.43 Å². The number of hydrogen-bond donors (Lipinski definition) is 1. The van der Waals surface area contributed by atoms with Crippen LogP contribution >= 0.6 is 0 Å². The molecule has 1 N–H and O–H groups in total. The molecule has 2 nitrogen and oxygen atoms in total. The summed E-state index contributed by atoms with van der Waals surface area (Å²) in [6.45, 7) is 0. The molecule has 0 radical (unpaired) electrons. The van der Waals surface area contributed by atoms with Crippen molar-refractivity contribution in [2.45, 2.75) is 12.5 Å². The second-order valence-electron chi connectivity index (χ2n) is 4.64. The van der Waals surface area contributed by atoms with Crippen LogP contribution in [0.15, 0.2) is 71.8 Å². The topological polar surface area (TPSA) is 24.4 Å². The third-order valence-electron chi connectivity index (χ3n) is 3.25. The van der Waals surface area contributed by atoms with Crippen LogP contribution in [0.1, 0.15) is 23.6 Å². The highest BCUT2D eigenvalue weighted by Crippen LogP contribution is 2.21. The fraction of sp³-hybridized carbons (Fsp3) is 0.118. The minimum Gasteiger partial charge on any atom is -0.302 e. The lowest BCUT2D eigenvalue weighted by Gasteiger charge is -2.08. The monoisotopic (exact) mass is 248 g/mol. The normalized spacial score (nSPS) is 18.3. The van der Waals surface area contributed by atoms with E-state index >= 15 is 0 Å². The Balaban J connectivity index is 1.65. The number of nitrogens with one attached hydrogen (secondary N) is 1. The van der Waals surface area contributed by atoms with Crippen molar-refractivity contribution in [1.82, 2.24) is 5.43 Å². The van der Waals surface area contributed by atoms with E-state index < -0.39 is 0 Å². The van der Waals surface area contributed by atoms with E-state index in [4.69, 9.17) is 0 Å². The lowest BCUT2D eigenvalue weighted by molar-refractivity contribution is 0.620. The standard InChI is InChI=1S/C17H16N2/c1-3-7-14(8-4-1)11-12-16-13-17(19-18-16)15-9-5-2-6-10-15/h1-12,17,19H,13H2. The Labute approximate surface area is 113 Å². The average Bonchev–Trinajstić information content (AvgIpc) is 2.96. The maximum absolute atomic E-state index is 4.39. The lowest BCUT2D eigenvalue weighted by atomic mass is 10.0. The van der Waals surface area contributed by atoms with Crippen LogP contribution in [-0.4, -0.2) is 5.71 Å². The summed E-state index contributed by atoms with van der Waals surface area (Å²) >= 11 is 0. The Hall–Kier alpha value is -2.35. The zero-order valence-corrected chi connectivity index (χ0v) is 10.7. The quantitative estimate of drug-likeness (QED) is 0.878. The highest BCUT2D eigenvalue weighted by Gasteiger charge is 2.17. The van der Waals surface area contributed by atoms with Gasteiger partial charge in [0.25, 0.3) is 0 Å². The van der Waals surface area contributed by atoms with E-state index in [2.05, 4.69) is 59.1 Å². The summed E-state index contributed by atoms with van der Waals surface area (Å²) in [6, 6.07) is 21.0. The molecule has 0 aliphatic carbocycles. The van der Waals surface area contributed by atoms with Crippen LogP contribution in [0.2, 0.25) is 0 Å². The molecule has 1 aliphatic rings. The second-order valence-corrected chi connectivity index (χ2v) is 4.64. The van der Waals surface area contributed by atoms with E-state index in [-0.39, 0.29) is 0 Å². The van der Waals surface area contributed by atoms with Gasteiger partial charge in [0, 0.05) is 6.42 Å². The number of allylic oxidation sites excluding steroid dienone is 1. The minimum atomic E-state index is 0.302. The fourth-order valence-corrected chi connectivity index (χ4v) is 2.20. The van der Waals surface area contributed by atoms with E-state index in [1.807, 2.05) is 24.3 Å². The van der Waals surface area contributed by atoms with Crippen LogP contribution in [-0.2, 0) is 0 Å². The zero-order chi connectivity index (χ0) is 12.9. The van der Waals surface area contributed by atoms with E-state index in [1.165, 1.54) is 11.1 Å². The third-order valence-corrected chi connectivity index (χ3v) is 3.25. The van der Waals surface area contributed by atoms with Crippen LogP contribution in [0.3, 0.4) is 0 Å². The predicted molar refractivity (Wildman–Crippen MR) is 79.8 cm³/mol. The van der Waals surface area contributed by atoms with Gasteiger partial charge in [-0.1, -0.05) is 66.7 Å². The summed E-state index contributed by atoms with van der Waals surface area (Å²) < 4.78 is 0. The van der Waals surface area contributed by atoms with Crippen LogP contribution in [0.5, 0.6) is 0 Å². The molecule has 1 aliphatic heterocycles. The van der Waals surface area contributed by atoms with Gasteiger partial charge < -0.3 is 5.43 Å². The average molecular weight is 248 g/mol. The summed E-state index contributed by atoms with van der Waals surface area (Å²) in [5.41, 5.74) is 6.78. The molecule has 19 heavy (non-hydrogen) atoms. The third kappa shape index (κ3) is 2.91. The molecule has 0 amide bonds. The first-order valence-corrected chi connectivity index (χ1v) is 6.52. The molecule has 3 rings (SSSR count). The Kier molecular flexibility index (Phi) is 3.41. The zero-order valence-electron chi connectivity index (χ0n) is 10.7. The molecule has 94 valence electrons. The van der Waals surface area contributed by atoms with Gasteiger partial charge in [-0.05, 0) is 17.2 Å². The predicted octanol–water partition coefficient (Wildman–Crippen LogP) is 3.79. The SMILES string of the molecule is C(=Cc1ccccc1)C1=NNC(c2ccccc2)C1. The smallest absolute Gasteiger partial charge is 0.0745 e. The Morgan fingerprint density at radius 1 is 0.895 bits per heavy atom. The van der Waals surface area contributed by atoms with Crippen molar-refractivity contribution in [3.8, 4) is 0 Å². The van der Waals surface area contributed by atoms with Gasteiger partial charge in [0.1, 0.15) is 0 Å². The van der Waals surface area contributed by atoms with Crippen molar-refractivity contribution in [2.75, 3.05) is 0 Å². The van der Waals surface area contributed by atoms with E-state index in [0.717, 1.165) is 12.1 Å². The number of hydrazone groups is 1. The van der Waals surface area contributed by atoms with Crippen molar-refractivity contribution in [3.63, 3.8) is 0 Å². The van der Waals surface area contributed by atoms with Gasteiger partial charge in [0.15, 0.2) is 0 Å². The number of rotatable bonds is 3. The van der Waals surface area contributed by atoms with Crippen molar-refractivity contribution < 1.29 is 0 Å². The summed E-state index contributed by atoms with van der Waals surface area (Å²) in [7, 11) is 0. The minimum absolute atomic E-state index is 0.302.